The smallest absolute Gasteiger partial charge is 0.242 e. The minimum absolute atomic E-state index is 0. The Labute approximate surface area is 185 Å². The first kappa shape index (κ1) is 25.1. The van der Waals surface area contributed by atoms with E-state index in [2.05, 4.69) is 25.3 Å². The maximum absolute atomic E-state index is 12.2. The molecule has 1 saturated carbocycles. The second-order valence-electron chi connectivity index (χ2n) is 6.89. The molecule has 1 aliphatic rings. The molecule has 1 aromatic heterocycles. The number of nitrogens with one attached hydrogen (secondary N) is 3. The molecule has 0 bridgehead atoms. The van der Waals surface area contributed by atoms with Gasteiger partial charge in [-0.1, -0.05) is 12.8 Å². The van der Waals surface area contributed by atoms with E-state index in [1.165, 1.54) is 37.9 Å². The number of sulfonamides is 1. The van der Waals surface area contributed by atoms with Gasteiger partial charge in [0.2, 0.25) is 10.0 Å². The van der Waals surface area contributed by atoms with E-state index in [1.807, 2.05) is 0 Å². The normalized spacial score (nSPS) is 16.4. The number of nitrogens with zero attached hydrogens (tertiary/aromatic N) is 2. The topological polar surface area (TPSA) is 105 Å². The lowest BCUT2D eigenvalue weighted by molar-refractivity contribution is 0.138. The van der Waals surface area contributed by atoms with Crippen molar-refractivity contribution in [3.05, 3.63) is 24.5 Å². The number of guanidine groups is 1. The van der Waals surface area contributed by atoms with Crippen LogP contribution in [0.5, 0.6) is 0 Å². The average Bonchev–Trinajstić information content (AvgIpc) is 3.15. The lowest BCUT2D eigenvalue weighted by atomic mass is 9.83. The lowest BCUT2D eigenvalue weighted by Crippen LogP contribution is -2.45. The second-order valence-corrected chi connectivity index (χ2v) is 8.66. The fourth-order valence-corrected chi connectivity index (χ4v) is 4.40. The van der Waals surface area contributed by atoms with Crippen LogP contribution in [0.25, 0.3) is 0 Å². The highest BCUT2D eigenvalue weighted by Gasteiger charge is 2.33. The first-order valence-electron chi connectivity index (χ1n) is 9.34. The Morgan fingerprint density at radius 2 is 2.04 bits per heavy atom. The van der Waals surface area contributed by atoms with Gasteiger partial charge in [-0.05, 0) is 36.8 Å². The van der Waals surface area contributed by atoms with Gasteiger partial charge in [0, 0.05) is 52.8 Å². The standard InChI is InChI=1S/C18H31N5O3S.HI/c1-19-17(22-15-18(9-13-26-2)7-3-4-8-18)21-11-12-23-27(24,25)16-6-5-10-20-14-16;/h5-6,10,14,23H,3-4,7-9,11-13,15H2,1-2H3,(H2,19,21,22);1H. The largest absolute Gasteiger partial charge is 0.385 e. The summed E-state index contributed by atoms with van der Waals surface area (Å²) in [5.74, 6) is 0.680. The van der Waals surface area contributed by atoms with Gasteiger partial charge < -0.3 is 15.4 Å². The Kier molecular flexibility index (Phi) is 11.2. The molecule has 0 atom stereocenters. The summed E-state index contributed by atoms with van der Waals surface area (Å²) in [6.45, 7) is 2.30. The van der Waals surface area contributed by atoms with Crippen molar-refractivity contribution in [1.82, 2.24) is 20.3 Å². The van der Waals surface area contributed by atoms with Crippen LogP contribution in [0.1, 0.15) is 32.1 Å². The van der Waals surface area contributed by atoms with Crippen LogP contribution in [0.2, 0.25) is 0 Å². The summed E-state index contributed by atoms with van der Waals surface area (Å²) in [6.07, 6.45) is 8.83. The molecule has 1 aliphatic carbocycles. The van der Waals surface area contributed by atoms with Gasteiger partial charge in [-0.15, -0.1) is 24.0 Å². The molecular weight excluding hydrogens is 493 g/mol. The molecule has 0 spiro atoms. The van der Waals surface area contributed by atoms with Gasteiger partial charge in [-0.2, -0.15) is 0 Å². The molecule has 8 nitrogen and oxygen atoms in total. The molecule has 28 heavy (non-hydrogen) atoms. The van der Waals surface area contributed by atoms with Crippen LogP contribution in [0, 0.1) is 5.41 Å². The number of pyridine rings is 1. The third kappa shape index (κ3) is 7.80. The minimum atomic E-state index is -3.54. The Morgan fingerprint density at radius 3 is 2.64 bits per heavy atom. The summed E-state index contributed by atoms with van der Waals surface area (Å²) in [5, 5.41) is 6.54. The highest BCUT2D eigenvalue weighted by molar-refractivity contribution is 14.0. The van der Waals surface area contributed by atoms with Crippen LogP contribution in [0.3, 0.4) is 0 Å². The van der Waals surface area contributed by atoms with Gasteiger partial charge in [0.1, 0.15) is 4.90 Å². The van der Waals surface area contributed by atoms with Crippen molar-refractivity contribution in [2.75, 3.05) is 40.4 Å². The third-order valence-corrected chi connectivity index (χ3v) is 6.46. The maximum Gasteiger partial charge on any atom is 0.242 e. The van der Waals surface area contributed by atoms with Crippen LogP contribution >= 0.6 is 24.0 Å². The molecule has 3 N–H and O–H groups in total. The van der Waals surface area contributed by atoms with E-state index in [9.17, 15) is 8.42 Å². The first-order valence-corrected chi connectivity index (χ1v) is 10.8. The number of ether oxygens (including phenoxy) is 1. The number of aliphatic imine (C=N–C) groups is 1. The lowest BCUT2D eigenvalue weighted by Gasteiger charge is -2.30. The zero-order valence-corrected chi connectivity index (χ0v) is 19.8. The minimum Gasteiger partial charge on any atom is -0.385 e. The molecule has 0 unspecified atom stereocenters. The molecule has 0 aromatic carbocycles. The van der Waals surface area contributed by atoms with E-state index in [1.54, 1.807) is 26.4 Å². The molecule has 2 rings (SSSR count). The van der Waals surface area contributed by atoms with E-state index < -0.39 is 10.0 Å². The Morgan fingerprint density at radius 1 is 1.29 bits per heavy atom. The molecule has 0 saturated heterocycles. The number of hydrogen-bond donors (Lipinski definition) is 3. The van der Waals surface area contributed by atoms with Crippen molar-refractivity contribution in [1.29, 1.82) is 0 Å². The van der Waals surface area contributed by atoms with Crippen molar-refractivity contribution in [3.8, 4) is 0 Å². The van der Waals surface area contributed by atoms with Crippen molar-refractivity contribution < 1.29 is 13.2 Å². The summed E-state index contributed by atoms with van der Waals surface area (Å²) >= 11 is 0. The van der Waals surface area contributed by atoms with Gasteiger partial charge in [0.25, 0.3) is 0 Å². The molecule has 0 aliphatic heterocycles. The van der Waals surface area contributed by atoms with Crippen molar-refractivity contribution in [2.24, 2.45) is 10.4 Å². The van der Waals surface area contributed by atoms with Gasteiger partial charge in [0.05, 0.1) is 0 Å². The SMILES string of the molecule is CN=C(NCCNS(=O)(=O)c1cccnc1)NCC1(CCOC)CCCC1.I. The zero-order valence-electron chi connectivity index (χ0n) is 16.6. The van der Waals surface area contributed by atoms with Crippen LogP contribution in [0.4, 0.5) is 0 Å². The van der Waals surface area contributed by atoms with Gasteiger partial charge in [-0.25, -0.2) is 13.1 Å². The van der Waals surface area contributed by atoms with Crippen LogP contribution in [-0.2, 0) is 14.8 Å². The van der Waals surface area contributed by atoms with Crippen molar-refractivity contribution >= 4 is 40.0 Å². The van der Waals surface area contributed by atoms with Crippen LogP contribution < -0.4 is 15.4 Å². The first-order chi connectivity index (χ1) is 13.0. The van der Waals surface area contributed by atoms with Crippen LogP contribution in [0.15, 0.2) is 34.4 Å². The number of halogens is 1. The van der Waals surface area contributed by atoms with Crippen molar-refractivity contribution in [2.45, 2.75) is 37.0 Å². The second kappa shape index (κ2) is 12.6. The predicted octanol–water partition coefficient (Wildman–Crippen LogP) is 1.74. The Hall–Kier alpha value is -0.980. The van der Waals surface area contributed by atoms with Gasteiger partial charge in [0.15, 0.2) is 5.96 Å². The van der Waals surface area contributed by atoms with E-state index in [0.29, 0.717) is 12.5 Å². The van der Waals surface area contributed by atoms with E-state index in [-0.39, 0.29) is 40.8 Å². The zero-order chi connectivity index (χ0) is 19.6. The Bertz CT molecular complexity index is 694. The Balaban J connectivity index is 0.00000392. The molecular formula is C18H32IN5O3S. The predicted molar refractivity (Wildman–Crippen MR) is 122 cm³/mol. The fourth-order valence-electron chi connectivity index (χ4n) is 3.41. The van der Waals surface area contributed by atoms with Crippen LogP contribution in [-0.4, -0.2) is 59.8 Å². The van der Waals surface area contributed by atoms with E-state index >= 15 is 0 Å². The summed E-state index contributed by atoms with van der Waals surface area (Å²) in [6, 6.07) is 3.12. The molecule has 1 fully saturated rings. The highest BCUT2D eigenvalue weighted by Crippen LogP contribution is 2.40. The number of methoxy groups -OCH3 is 1. The quantitative estimate of drug-likeness (QED) is 0.186. The summed E-state index contributed by atoms with van der Waals surface area (Å²) < 4.78 is 32.1. The van der Waals surface area contributed by atoms with Gasteiger partial charge >= 0.3 is 0 Å². The summed E-state index contributed by atoms with van der Waals surface area (Å²) in [5.41, 5.74) is 0.259. The number of hydrogen-bond acceptors (Lipinski definition) is 5. The number of aromatic nitrogens is 1. The van der Waals surface area contributed by atoms with Crippen molar-refractivity contribution in [3.63, 3.8) is 0 Å². The number of rotatable bonds is 10. The molecule has 1 heterocycles. The monoisotopic (exact) mass is 525 g/mol. The molecule has 160 valence electrons. The average molecular weight is 525 g/mol. The van der Waals surface area contributed by atoms with E-state index in [4.69, 9.17) is 4.74 Å². The maximum atomic E-state index is 12.2. The third-order valence-electron chi connectivity index (χ3n) is 5.01. The molecule has 1 aromatic rings. The van der Waals surface area contributed by atoms with Gasteiger partial charge in [-0.3, -0.25) is 9.98 Å². The highest BCUT2D eigenvalue weighted by atomic mass is 127. The molecule has 10 heteroatoms. The summed E-state index contributed by atoms with van der Waals surface area (Å²) in [4.78, 5) is 8.23. The molecule has 0 amide bonds. The van der Waals surface area contributed by atoms with E-state index in [0.717, 1.165) is 19.6 Å². The molecule has 0 radical (unpaired) electrons. The fraction of sp³-hybridized carbons (Fsp3) is 0.667. The summed E-state index contributed by atoms with van der Waals surface area (Å²) in [7, 11) is -0.0839.